The molecule has 0 bridgehead atoms. The van der Waals surface area contributed by atoms with Crippen molar-refractivity contribution in [1.82, 2.24) is 19.6 Å². The van der Waals surface area contributed by atoms with E-state index in [1.54, 1.807) is 4.52 Å². The molecule has 0 aliphatic carbocycles. The zero-order chi connectivity index (χ0) is 17.3. The molecule has 120 valence electrons. The molecule has 0 atom stereocenters. The Bertz CT molecular complexity index is 1400. The molecule has 0 saturated heterocycles. The number of thiophene rings is 1. The van der Waals surface area contributed by atoms with Crippen LogP contribution >= 0.6 is 11.3 Å². The summed E-state index contributed by atoms with van der Waals surface area (Å²) in [4.78, 5) is 21.7. The number of aromatic nitrogens is 4. The number of hydrogen-bond acceptors (Lipinski definition) is 6. The number of anilines is 1. The molecule has 1 amide bonds. The quantitative estimate of drug-likeness (QED) is 0.426. The summed E-state index contributed by atoms with van der Waals surface area (Å²) in [7, 11) is 0. The van der Waals surface area contributed by atoms with Crippen molar-refractivity contribution in [3.63, 3.8) is 0 Å². The molecule has 1 aromatic carbocycles. The zero-order valence-corrected chi connectivity index (χ0v) is 13.4. The Morgan fingerprint density at radius 3 is 2.84 bits per heavy atom. The zero-order valence-electron chi connectivity index (χ0n) is 12.6. The minimum atomic E-state index is -0.568. The third-order valence-corrected chi connectivity index (χ3v) is 5.31. The lowest BCUT2D eigenvalue weighted by molar-refractivity contribution is 0.101. The van der Waals surface area contributed by atoms with Crippen molar-refractivity contribution in [2.24, 2.45) is 5.73 Å². The number of aromatic amines is 1. The van der Waals surface area contributed by atoms with Gasteiger partial charge >= 0.3 is 0 Å². The predicted octanol–water partition coefficient (Wildman–Crippen LogP) is 2.13. The molecular formula is C16H9N7OS. The summed E-state index contributed by atoms with van der Waals surface area (Å²) in [5.74, 6) is -0.462. The van der Waals surface area contributed by atoms with E-state index in [1.165, 1.54) is 0 Å². The Labute approximate surface area is 143 Å². The van der Waals surface area contributed by atoms with E-state index in [1.807, 2.05) is 24.3 Å². The van der Waals surface area contributed by atoms with Gasteiger partial charge in [0.05, 0.1) is 21.9 Å². The topological polar surface area (TPSA) is 139 Å². The normalized spacial score (nSPS) is 11.6. The molecule has 9 heteroatoms. The first kappa shape index (κ1) is 13.8. The Kier molecular flexibility index (Phi) is 2.46. The average molecular weight is 347 g/mol. The Hall–Kier alpha value is -3.64. The van der Waals surface area contributed by atoms with Crippen molar-refractivity contribution in [3.05, 3.63) is 34.7 Å². The highest BCUT2D eigenvalue weighted by Gasteiger charge is 2.24. The van der Waals surface area contributed by atoms with Gasteiger partial charge in [-0.25, -0.2) is 14.5 Å². The van der Waals surface area contributed by atoms with Crippen LogP contribution in [0.15, 0.2) is 24.3 Å². The molecule has 0 fully saturated rings. The van der Waals surface area contributed by atoms with Crippen LogP contribution in [0, 0.1) is 11.3 Å². The molecule has 0 saturated carbocycles. The smallest absolute Gasteiger partial charge is 0.261 e. The van der Waals surface area contributed by atoms with Crippen molar-refractivity contribution < 1.29 is 4.79 Å². The van der Waals surface area contributed by atoms with Crippen molar-refractivity contribution in [3.8, 4) is 6.07 Å². The molecule has 0 unspecified atom stereocenters. The van der Waals surface area contributed by atoms with Crippen LogP contribution in [0.5, 0.6) is 0 Å². The number of carbonyl (C=O) groups excluding carboxylic acids is 1. The second-order valence-electron chi connectivity index (χ2n) is 5.58. The van der Waals surface area contributed by atoms with Gasteiger partial charge in [-0.3, -0.25) is 9.89 Å². The Morgan fingerprint density at radius 2 is 2.08 bits per heavy atom. The molecule has 5 N–H and O–H groups in total. The number of hydrogen-bond donors (Lipinski definition) is 3. The molecule has 5 aromatic rings. The highest BCUT2D eigenvalue weighted by atomic mass is 32.1. The summed E-state index contributed by atoms with van der Waals surface area (Å²) < 4.78 is 1.74. The summed E-state index contributed by atoms with van der Waals surface area (Å²) in [6, 6.07) is 9.65. The van der Waals surface area contributed by atoms with Crippen LogP contribution in [0.4, 0.5) is 5.82 Å². The fourth-order valence-corrected chi connectivity index (χ4v) is 4.18. The molecule has 0 spiro atoms. The van der Waals surface area contributed by atoms with Crippen LogP contribution in [0.3, 0.4) is 0 Å². The van der Waals surface area contributed by atoms with Gasteiger partial charge < -0.3 is 11.5 Å². The minimum absolute atomic E-state index is 0.106. The molecule has 25 heavy (non-hydrogen) atoms. The van der Waals surface area contributed by atoms with Gasteiger partial charge in [0.15, 0.2) is 5.65 Å². The molecule has 0 aliphatic rings. The van der Waals surface area contributed by atoms with E-state index in [2.05, 4.69) is 21.1 Å². The van der Waals surface area contributed by atoms with Crippen molar-refractivity contribution in [2.75, 3.05) is 5.73 Å². The highest BCUT2D eigenvalue weighted by Crippen LogP contribution is 2.39. The number of benzene rings is 1. The van der Waals surface area contributed by atoms with E-state index < -0.39 is 5.91 Å². The van der Waals surface area contributed by atoms with E-state index in [-0.39, 0.29) is 11.4 Å². The van der Waals surface area contributed by atoms with E-state index >= 15 is 0 Å². The van der Waals surface area contributed by atoms with Crippen molar-refractivity contribution >= 4 is 60.9 Å². The van der Waals surface area contributed by atoms with Crippen LogP contribution < -0.4 is 11.5 Å². The fourth-order valence-electron chi connectivity index (χ4n) is 3.18. The number of nitrogens with zero attached hydrogens (tertiary/aromatic N) is 4. The molecule has 4 aromatic heterocycles. The van der Waals surface area contributed by atoms with E-state index in [0.717, 1.165) is 22.4 Å². The maximum Gasteiger partial charge on any atom is 0.261 e. The van der Waals surface area contributed by atoms with Gasteiger partial charge in [-0.05, 0) is 12.1 Å². The third-order valence-electron chi connectivity index (χ3n) is 4.21. The number of carbonyl (C=O) groups is 1. The summed E-state index contributed by atoms with van der Waals surface area (Å²) in [6.45, 7) is 0. The van der Waals surface area contributed by atoms with Gasteiger partial charge in [-0.15, -0.1) is 11.3 Å². The van der Waals surface area contributed by atoms with E-state index in [0.29, 0.717) is 31.6 Å². The van der Waals surface area contributed by atoms with Crippen molar-refractivity contribution in [1.29, 1.82) is 5.26 Å². The van der Waals surface area contributed by atoms with E-state index in [4.69, 9.17) is 11.5 Å². The standard InChI is InChI=1S/C16H9N7OS/c17-5-6-9-10-11(12(14(19)24)25-16(10)21-13(6)18)22-23-8-4-2-1-3-7(8)20-15(9)23/h1-4,22H,(H2,18,21)(H2,19,24). The number of nitrogen functional groups attached to an aromatic ring is 1. The minimum Gasteiger partial charge on any atom is -0.383 e. The SMILES string of the molecule is N#Cc1c(N)nc2sc(C(N)=O)c3[nH]n4c5ccccc5nc4c1c23. The van der Waals surface area contributed by atoms with Crippen LogP contribution in [-0.2, 0) is 0 Å². The molecule has 4 heterocycles. The van der Waals surface area contributed by atoms with Crippen LogP contribution in [0.2, 0.25) is 0 Å². The van der Waals surface area contributed by atoms with Crippen molar-refractivity contribution in [2.45, 2.75) is 0 Å². The van der Waals surface area contributed by atoms with E-state index in [9.17, 15) is 10.1 Å². The number of nitrogens with two attached hydrogens (primary N) is 2. The number of primary amides is 1. The maximum absolute atomic E-state index is 11.9. The largest absolute Gasteiger partial charge is 0.383 e. The number of pyridine rings is 1. The number of H-pyrrole nitrogens is 1. The molecule has 5 rings (SSSR count). The predicted molar refractivity (Wildman–Crippen MR) is 95.4 cm³/mol. The number of nitriles is 1. The first-order chi connectivity index (χ1) is 12.1. The van der Waals surface area contributed by atoms with Gasteiger partial charge in [0, 0.05) is 5.39 Å². The summed E-state index contributed by atoms with van der Waals surface area (Å²) in [5.41, 5.74) is 14.4. The summed E-state index contributed by atoms with van der Waals surface area (Å²) in [5, 5.41) is 14.0. The van der Waals surface area contributed by atoms with Gasteiger partial charge in [0.1, 0.15) is 27.2 Å². The maximum atomic E-state index is 11.9. The number of amides is 1. The van der Waals surface area contributed by atoms with Crippen LogP contribution in [-0.4, -0.2) is 25.5 Å². The van der Waals surface area contributed by atoms with Crippen LogP contribution in [0.25, 0.3) is 37.8 Å². The number of fused-ring (bicyclic) bond motifs is 4. The second kappa shape index (κ2) is 4.46. The second-order valence-corrected chi connectivity index (χ2v) is 6.58. The van der Waals surface area contributed by atoms with Gasteiger partial charge in [-0.2, -0.15) is 5.26 Å². The first-order valence-corrected chi connectivity index (χ1v) is 8.12. The monoisotopic (exact) mass is 347 g/mol. The Morgan fingerprint density at radius 1 is 1.28 bits per heavy atom. The van der Waals surface area contributed by atoms with Crippen LogP contribution in [0.1, 0.15) is 15.2 Å². The lowest BCUT2D eigenvalue weighted by atomic mass is 10.1. The first-order valence-electron chi connectivity index (χ1n) is 7.31. The fraction of sp³-hybridized carbons (Fsp3) is 0. The number of imidazole rings is 1. The van der Waals surface area contributed by atoms with Gasteiger partial charge in [-0.1, -0.05) is 12.1 Å². The lowest BCUT2D eigenvalue weighted by Gasteiger charge is -2.06. The average Bonchev–Trinajstić information content (AvgIpc) is 3.14. The summed E-state index contributed by atoms with van der Waals surface area (Å²) >= 11 is 1.14. The lowest BCUT2D eigenvalue weighted by Crippen LogP contribution is -2.10. The molecule has 8 nitrogen and oxygen atoms in total. The van der Waals surface area contributed by atoms with Gasteiger partial charge in [0.2, 0.25) is 0 Å². The molecule has 0 aliphatic heterocycles. The number of rotatable bonds is 1. The number of para-hydroxylation sites is 2. The molecular weight excluding hydrogens is 338 g/mol. The third kappa shape index (κ3) is 1.61. The van der Waals surface area contributed by atoms with Gasteiger partial charge in [0.25, 0.3) is 5.91 Å². The highest BCUT2D eigenvalue weighted by molar-refractivity contribution is 7.21. The summed E-state index contributed by atoms with van der Waals surface area (Å²) in [6.07, 6.45) is 0. The Balaban J connectivity index is 2.20. The molecule has 0 radical (unpaired) electrons. The number of nitrogens with one attached hydrogen (secondary N) is 1.